The first kappa shape index (κ1) is 17.5. The van der Waals surface area contributed by atoms with Crippen LogP contribution >= 0.6 is 22.9 Å². The lowest BCUT2D eigenvalue weighted by molar-refractivity contribution is -0.116. The molecule has 3 rings (SSSR count). The maximum atomic E-state index is 11.9. The number of aromatic nitrogens is 2. The highest BCUT2D eigenvalue weighted by Gasteiger charge is 2.14. The second kappa shape index (κ2) is 8.14. The quantitative estimate of drug-likeness (QED) is 0.630. The van der Waals surface area contributed by atoms with Crippen LogP contribution in [0.15, 0.2) is 17.7 Å². The van der Waals surface area contributed by atoms with Gasteiger partial charge in [0.05, 0.1) is 5.69 Å². The average molecular weight is 367 g/mol. The molecule has 1 aliphatic rings. The third-order valence-corrected chi connectivity index (χ3v) is 5.51. The topological polar surface area (TPSA) is 49.6 Å². The van der Waals surface area contributed by atoms with Gasteiger partial charge in [0.1, 0.15) is 0 Å². The van der Waals surface area contributed by atoms with Crippen LogP contribution in [-0.4, -0.2) is 46.4 Å². The molecule has 0 aliphatic carbocycles. The van der Waals surface area contributed by atoms with Gasteiger partial charge in [-0.2, -0.15) is 0 Å². The van der Waals surface area contributed by atoms with Gasteiger partial charge in [-0.15, -0.1) is 11.3 Å². The number of nitrogens with zero attached hydrogens (tertiary/aromatic N) is 3. The molecule has 0 unspecified atom stereocenters. The molecule has 1 aliphatic heterocycles. The molecule has 0 bridgehead atoms. The summed E-state index contributed by atoms with van der Waals surface area (Å²) in [7, 11) is 0. The molecule has 0 saturated carbocycles. The molecule has 0 aromatic carbocycles. The van der Waals surface area contributed by atoms with E-state index in [0.717, 1.165) is 29.5 Å². The summed E-state index contributed by atoms with van der Waals surface area (Å²) in [4.78, 5) is 19.5. The molecule has 0 atom stereocenters. The first-order valence-corrected chi connectivity index (χ1v) is 9.68. The van der Waals surface area contributed by atoms with Gasteiger partial charge in [-0.3, -0.25) is 9.20 Å². The maximum absolute atomic E-state index is 11.9. The van der Waals surface area contributed by atoms with E-state index >= 15 is 0 Å². The standard InChI is InChI=1S/C17H23ClN4OS/c1-13-5-9-21(10-6-13)8-2-7-19-15(23)4-3-14-16(18)20-17-22(14)11-12-24-17/h3-4,11-13H,2,5-10H2,1H3,(H,19,23)/b4-3+. The zero-order chi connectivity index (χ0) is 16.9. The Balaban J connectivity index is 1.41. The number of hydrogen-bond donors (Lipinski definition) is 1. The van der Waals surface area contributed by atoms with Crippen molar-refractivity contribution in [2.45, 2.75) is 26.2 Å². The number of piperidine rings is 1. The fourth-order valence-corrected chi connectivity index (χ4v) is 3.94. The van der Waals surface area contributed by atoms with E-state index in [-0.39, 0.29) is 5.91 Å². The van der Waals surface area contributed by atoms with Crippen molar-refractivity contribution in [2.75, 3.05) is 26.2 Å². The van der Waals surface area contributed by atoms with E-state index in [1.807, 2.05) is 16.0 Å². The molecule has 2 aromatic rings. The normalized spacial score (nSPS) is 17.1. The molecule has 0 spiro atoms. The van der Waals surface area contributed by atoms with E-state index in [1.165, 1.54) is 43.3 Å². The van der Waals surface area contributed by atoms with Gasteiger partial charge in [0, 0.05) is 24.2 Å². The fourth-order valence-electron chi connectivity index (χ4n) is 2.94. The second-order valence-corrected chi connectivity index (χ2v) is 7.58. The molecule has 1 saturated heterocycles. The Labute approximate surface area is 151 Å². The summed E-state index contributed by atoms with van der Waals surface area (Å²) in [5.41, 5.74) is 0.741. The van der Waals surface area contributed by atoms with E-state index in [2.05, 4.69) is 22.1 Å². The molecule has 1 fully saturated rings. The fraction of sp³-hybridized carbons (Fsp3) is 0.529. The van der Waals surface area contributed by atoms with Crippen LogP contribution in [0.5, 0.6) is 0 Å². The molecule has 24 heavy (non-hydrogen) atoms. The van der Waals surface area contributed by atoms with E-state index < -0.39 is 0 Å². The molecular weight excluding hydrogens is 344 g/mol. The van der Waals surface area contributed by atoms with Crippen LogP contribution in [0.25, 0.3) is 11.0 Å². The predicted octanol–water partition coefficient (Wildman–Crippen LogP) is 3.30. The Kier molecular flexibility index (Phi) is 5.92. The summed E-state index contributed by atoms with van der Waals surface area (Å²) >= 11 is 7.62. The number of amides is 1. The van der Waals surface area contributed by atoms with Gasteiger partial charge in [-0.05, 0) is 50.9 Å². The number of imidazole rings is 1. The first-order valence-electron chi connectivity index (χ1n) is 8.43. The van der Waals surface area contributed by atoms with Crippen molar-refractivity contribution in [1.29, 1.82) is 0 Å². The zero-order valence-corrected chi connectivity index (χ0v) is 15.4. The van der Waals surface area contributed by atoms with Crippen molar-refractivity contribution in [3.8, 4) is 0 Å². The number of carbonyl (C=O) groups excluding carboxylic acids is 1. The van der Waals surface area contributed by atoms with Crippen molar-refractivity contribution in [3.63, 3.8) is 0 Å². The van der Waals surface area contributed by atoms with Crippen LogP contribution in [-0.2, 0) is 4.79 Å². The van der Waals surface area contributed by atoms with E-state index in [9.17, 15) is 4.79 Å². The summed E-state index contributed by atoms with van der Waals surface area (Å²) in [6, 6.07) is 0. The maximum Gasteiger partial charge on any atom is 0.244 e. The minimum atomic E-state index is -0.0940. The minimum absolute atomic E-state index is 0.0940. The summed E-state index contributed by atoms with van der Waals surface area (Å²) in [5, 5.41) is 5.30. The molecule has 5 nitrogen and oxygen atoms in total. The number of thiazole rings is 1. The smallest absolute Gasteiger partial charge is 0.244 e. The Bertz CT molecular complexity index is 715. The Morgan fingerprint density at radius 1 is 1.50 bits per heavy atom. The summed E-state index contributed by atoms with van der Waals surface area (Å²) < 4.78 is 1.88. The zero-order valence-electron chi connectivity index (χ0n) is 13.9. The SMILES string of the molecule is CC1CCN(CCCNC(=O)/C=C/c2c(Cl)nc3sccn23)CC1. The molecule has 0 radical (unpaired) electrons. The second-order valence-electron chi connectivity index (χ2n) is 6.35. The van der Waals surface area contributed by atoms with E-state index in [1.54, 1.807) is 6.08 Å². The van der Waals surface area contributed by atoms with Gasteiger partial charge in [-0.25, -0.2) is 4.98 Å². The van der Waals surface area contributed by atoms with Crippen LogP contribution in [0.1, 0.15) is 31.9 Å². The molecular formula is C17H23ClN4OS. The summed E-state index contributed by atoms with van der Waals surface area (Å²) in [5.74, 6) is 0.764. The molecule has 1 N–H and O–H groups in total. The number of hydrogen-bond acceptors (Lipinski definition) is 4. The monoisotopic (exact) mass is 366 g/mol. The molecule has 7 heteroatoms. The van der Waals surface area contributed by atoms with Crippen LogP contribution in [0.2, 0.25) is 5.15 Å². The number of fused-ring (bicyclic) bond motifs is 1. The van der Waals surface area contributed by atoms with Gasteiger partial charge < -0.3 is 10.2 Å². The van der Waals surface area contributed by atoms with Crippen LogP contribution in [0.4, 0.5) is 0 Å². The number of rotatable bonds is 6. The van der Waals surface area contributed by atoms with Gasteiger partial charge in [0.15, 0.2) is 10.1 Å². The van der Waals surface area contributed by atoms with E-state index in [0.29, 0.717) is 11.7 Å². The summed E-state index contributed by atoms with van der Waals surface area (Å²) in [6.07, 6.45) is 8.70. The Hall–Kier alpha value is -1.37. The van der Waals surface area contributed by atoms with Crippen molar-refractivity contribution in [2.24, 2.45) is 5.92 Å². The molecule has 3 heterocycles. The first-order chi connectivity index (χ1) is 11.6. The van der Waals surface area contributed by atoms with Gasteiger partial charge in [-0.1, -0.05) is 18.5 Å². The lowest BCUT2D eigenvalue weighted by atomic mass is 9.99. The van der Waals surface area contributed by atoms with E-state index in [4.69, 9.17) is 11.6 Å². The van der Waals surface area contributed by atoms with Crippen LogP contribution in [0, 0.1) is 5.92 Å². The third-order valence-electron chi connectivity index (χ3n) is 4.47. The van der Waals surface area contributed by atoms with Gasteiger partial charge in [0.2, 0.25) is 5.91 Å². The van der Waals surface area contributed by atoms with Gasteiger partial charge >= 0.3 is 0 Å². The number of carbonyl (C=O) groups is 1. The lowest BCUT2D eigenvalue weighted by Gasteiger charge is -2.30. The van der Waals surface area contributed by atoms with Crippen molar-refractivity contribution in [3.05, 3.63) is 28.5 Å². The molecule has 130 valence electrons. The third kappa shape index (κ3) is 4.37. The highest BCUT2D eigenvalue weighted by atomic mass is 35.5. The van der Waals surface area contributed by atoms with Crippen LogP contribution in [0.3, 0.4) is 0 Å². The lowest BCUT2D eigenvalue weighted by Crippen LogP contribution is -2.35. The van der Waals surface area contributed by atoms with Crippen LogP contribution < -0.4 is 5.32 Å². The summed E-state index contributed by atoms with van der Waals surface area (Å²) in [6.45, 7) is 6.45. The molecule has 1 amide bonds. The average Bonchev–Trinajstić information content (AvgIpc) is 3.12. The largest absolute Gasteiger partial charge is 0.353 e. The number of likely N-dealkylation sites (tertiary alicyclic amines) is 1. The number of halogens is 1. The predicted molar refractivity (Wildman–Crippen MR) is 99.6 cm³/mol. The molecule has 2 aromatic heterocycles. The highest BCUT2D eigenvalue weighted by Crippen LogP contribution is 2.22. The highest BCUT2D eigenvalue weighted by molar-refractivity contribution is 7.15. The number of nitrogens with one attached hydrogen (secondary N) is 1. The van der Waals surface area contributed by atoms with Gasteiger partial charge in [0.25, 0.3) is 0 Å². The van der Waals surface area contributed by atoms with Crippen molar-refractivity contribution < 1.29 is 4.79 Å². The minimum Gasteiger partial charge on any atom is -0.353 e. The van der Waals surface area contributed by atoms with Crippen molar-refractivity contribution in [1.82, 2.24) is 19.6 Å². The Morgan fingerprint density at radius 3 is 3.08 bits per heavy atom. The Morgan fingerprint density at radius 2 is 2.29 bits per heavy atom. The van der Waals surface area contributed by atoms with Crippen molar-refractivity contribution >= 4 is 39.9 Å².